The molecule has 116 valence electrons. The summed E-state index contributed by atoms with van der Waals surface area (Å²) in [7, 11) is 0. The van der Waals surface area contributed by atoms with E-state index in [2.05, 4.69) is 9.97 Å². The number of halogens is 3. The van der Waals surface area contributed by atoms with E-state index in [-0.39, 0.29) is 27.7 Å². The van der Waals surface area contributed by atoms with E-state index in [0.717, 1.165) is 12.1 Å². The van der Waals surface area contributed by atoms with Gasteiger partial charge in [-0.2, -0.15) is 13.2 Å². The van der Waals surface area contributed by atoms with E-state index < -0.39 is 17.2 Å². The van der Waals surface area contributed by atoms with E-state index >= 15 is 0 Å². The highest BCUT2D eigenvalue weighted by Gasteiger charge is 2.30. The fourth-order valence-electron chi connectivity index (χ4n) is 2.29. The zero-order chi connectivity index (χ0) is 16.6. The van der Waals surface area contributed by atoms with Crippen molar-refractivity contribution in [3.63, 3.8) is 0 Å². The van der Waals surface area contributed by atoms with Gasteiger partial charge in [0.2, 0.25) is 0 Å². The third-order valence-corrected chi connectivity index (χ3v) is 3.40. The molecule has 4 nitrogen and oxygen atoms in total. The molecule has 0 aliphatic rings. The van der Waals surface area contributed by atoms with Crippen LogP contribution in [0.5, 0.6) is 0 Å². The summed E-state index contributed by atoms with van der Waals surface area (Å²) < 4.78 is 38.4. The first-order chi connectivity index (χ1) is 10.9. The minimum atomic E-state index is -4.48. The van der Waals surface area contributed by atoms with Crippen molar-refractivity contribution in [1.29, 1.82) is 0 Å². The predicted octanol–water partition coefficient (Wildman–Crippen LogP) is 3.42. The van der Waals surface area contributed by atoms with E-state index in [1.165, 1.54) is 30.6 Å². The Hall–Kier alpha value is -2.96. The van der Waals surface area contributed by atoms with Crippen molar-refractivity contribution in [2.75, 3.05) is 0 Å². The first-order valence-corrected chi connectivity index (χ1v) is 6.54. The van der Waals surface area contributed by atoms with Crippen molar-refractivity contribution in [3.8, 4) is 11.3 Å². The number of nitrogens with zero attached hydrogens (tertiary/aromatic N) is 1. The van der Waals surface area contributed by atoms with Crippen molar-refractivity contribution in [1.82, 2.24) is 9.97 Å². The maximum absolute atomic E-state index is 12.8. The third kappa shape index (κ3) is 2.73. The van der Waals surface area contributed by atoms with Crippen LogP contribution in [0.15, 0.2) is 47.5 Å². The summed E-state index contributed by atoms with van der Waals surface area (Å²) >= 11 is 0. The lowest BCUT2D eigenvalue weighted by Crippen LogP contribution is -2.07. The zero-order valence-electron chi connectivity index (χ0n) is 11.5. The number of aromatic amines is 1. The lowest BCUT2D eigenvalue weighted by Gasteiger charge is -2.10. The average Bonchev–Trinajstić information content (AvgIpc) is 2.53. The van der Waals surface area contributed by atoms with E-state index in [1.807, 2.05) is 0 Å². The summed E-state index contributed by atoms with van der Waals surface area (Å²) in [5, 5.41) is 0.199. The minimum Gasteiger partial charge on any atom is -0.354 e. The number of benzene rings is 1. The minimum absolute atomic E-state index is 0.161. The van der Waals surface area contributed by atoms with Gasteiger partial charge in [0, 0.05) is 24.2 Å². The molecule has 0 spiro atoms. The quantitative estimate of drug-likeness (QED) is 0.736. The summed E-state index contributed by atoms with van der Waals surface area (Å²) in [6.07, 6.45) is -1.37. The highest BCUT2D eigenvalue weighted by Crippen LogP contribution is 2.31. The zero-order valence-corrected chi connectivity index (χ0v) is 11.5. The highest BCUT2D eigenvalue weighted by atomic mass is 19.4. The van der Waals surface area contributed by atoms with Crippen LogP contribution < -0.4 is 5.43 Å². The molecule has 3 rings (SSSR count). The number of aromatic nitrogens is 2. The number of pyridine rings is 2. The standard InChI is InChI=1S/C16H9F3N2O2/c17-16(18,19)11-3-1-2-9(4-11)13-5-14(23)12-7-20-6-10(8-22)15(12)21-13/h1-8H,(H,21,23). The first kappa shape index (κ1) is 15.0. The van der Waals surface area contributed by atoms with Crippen LogP contribution in [0.25, 0.3) is 22.2 Å². The Morgan fingerprint density at radius 2 is 1.91 bits per heavy atom. The lowest BCUT2D eigenvalue weighted by molar-refractivity contribution is -0.137. The van der Waals surface area contributed by atoms with Gasteiger partial charge in [0.05, 0.1) is 22.0 Å². The number of H-pyrrole nitrogens is 1. The van der Waals surface area contributed by atoms with Crippen LogP contribution in [0.4, 0.5) is 13.2 Å². The van der Waals surface area contributed by atoms with Crippen LogP contribution in [-0.2, 0) is 6.18 Å². The van der Waals surface area contributed by atoms with E-state index in [0.29, 0.717) is 6.29 Å². The van der Waals surface area contributed by atoms with Crippen LogP contribution in [0.1, 0.15) is 15.9 Å². The van der Waals surface area contributed by atoms with Gasteiger partial charge in [-0.25, -0.2) is 0 Å². The van der Waals surface area contributed by atoms with Crippen molar-refractivity contribution in [2.45, 2.75) is 6.18 Å². The summed E-state index contributed by atoms with van der Waals surface area (Å²) in [5.41, 5.74) is -0.442. The predicted molar refractivity (Wildman–Crippen MR) is 78.2 cm³/mol. The van der Waals surface area contributed by atoms with Crippen LogP contribution in [-0.4, -0.2) is 16.3 Å². The maximum atomic E-state index is 12.8. The molecule has 0 atom stereocenters. The summed E-state index contributed by atoms with van der Waals surface area (Å²) in [6, 6.07) is 5.79. The molecule has 2 aromatic heterocycles. The molecular weight excluding hydrogens is 309 g/mol. The lowest BCUT2D eigenvalue weighted by atomic mass is 10.1. The van der Waals surface area contributed by atoms with Gasteiger partial charge in [-0.3, -0.25) is 14.6 Å². The number of carbonyl (C=O) groups excluding carboxylic acids is 1. The second-order valence-electron chi connectivity index (χ2n) is 4.89. The van der Waals surface area contributed by atoms with Crippen molar-refractivity contribution >= 4 is 17.2 Å². The Kier molecular flexibility index (Phi) is 3.48. The number of hydrogen-bond donors (Lipinski definition) is 1. The van der Waals surface area contributed by atoms with E-state index in [9.17, 15) is 22.8 Å². The number of alkyl halides is 3. The molecule has 0 saturated carbocycles. The molecule has 23 heavy (non-hydrogen) atoms. The SMILES string of the molecule is O=Cc1cncc2c(=O)cc(-c3cccc(C(F)(F)F)c3)[nH]c12. The second kappa shape index (κ2) is 5.35. The van der Waals surface area contributed by atoms with Gasteiger partial charge in [0.15, 0.2) is 11.7 Å². The van der Waals surface area contributed by atoms with Gasteiger partial charge in [0.1, 0.15) is 0 Å². The highest BCUT2D eigenvalue weighted by molar-refractivity contribution is 5.95. The number of hydrogen-bond acceptors (Lipinski definition) is 3. The largest absolute Gasteiger partial charge is 0.416 e. The van der Waals surface area contributed by atoms with E-state index in [4.69, 9.17) is 0 Å². The van der Waals surface area contributed by atoms with Gasteiger partial charge in [0.25, 0.3) is 0 Å². The average molecular weight is 318 g/mol. The van der Waals surface area contributed by atoms with Crippen LogP contribution >= 0.6 is 0 Å². The van der Waals surface area contributed by atoms with Crippen molar-refractivity contribution < 1.29 is 18.0 Å². The monoisotopic (exact) mass is 318 g/mol. The summed E-state index contributed by atoms with van der Waals surface area (Å²) in [5.74, 6) is 0. The van der Waals surface area contributed by atoms with Gasteiger partial charge in [-0.1, -0.05) is 12.1 Å². The van der Waals surface area contributed by atoms with Gasteiger partial charge < -0.3 is 4.98 Å². The third-order valence-electron chi connectivity index (χ3n) is 3.40. The number of fused-ring (bicyclic) bond motifs is 1. The fraction of sp³-hybridized carbons (Fsp3) is 0.0625. The molecule has 0 aliphatic heterocycles. The van der Waals surface area contributed by atoms with Crippen LogP contribution in [0.2, 0.25) is 0 Å². The second-order valence-corrected chi connectivity index (χ2v) is 4.89. The Morgan fingerprint density at radius 1 is 1.13 bits per heavy atom. The smallest absolute Gasteiger partial charge is 0.354 e. The van der Waals surface area contributed by atoms with Gasteiger partial charge in [-0.05, 0) is 17.7 Å². The molecule has 1 aromatic carbocycles. The Labute approximate surface area is 127 Å². The van der Waals surface area contributed by atoms with E-state index in [1.54, 1.807) is 0 Å². The number of nitrogens with one attached hydrogen (secondary N) is 1. The summed E-state index contributed by atoms with van der Waals surface area (Å²) in [4.78, 5) is 29.8. The van der Waals surface area contributed by atoms with Crippen molar-refractivity contribution in [2.24, 2.45) is 0 Å². The molecule has 3 aromatic rings. The molecule has 0 unspecified atom stereocenters. The molecule has 0 saturated heterocycles. The first-order valence-electron chi connectivity index (χ1n) is 6.54. The molecule has 1 N–H and O–H groups in total. The van der Waals surface area contributed by atoms with Gasteiger partial charge >= 0.3 is 6.18 Å². The maximum Gasteiger partial charge on any atom is 0.416 e. The summed E-state index contributed by atoms with van der Waals surface area (Å²) in [6.45, 7) is 0. The molecule has 7 heteroatoms. The van der Waals surface area contributed by atoms with Crippen LogP contribution in [0, 0.1) is 0 Å². The Bertz CT molecular complexity index is 961. The number of carbonyl (C=O) groups is 1. The molecule has 0 aliphatic carbocycles. The normalized spacial score (nSPS) is 11.6. The number of rotatable bonds is 2. The Morgan fingerprint density at radius 3 is 2.61 bits per heavy atom. The fourth-order valence-corrected chi connectivity index (χ4v) is 2.29. The van der Waals surface area contributed by atoms with Crippen molar-refractivity contribution in [3.05, 3.63) is 64.1 Å². The molecule has 0 radical (unpaired) electrons. The molecule has 0 fully saturated rings. The molecule has 0 amide bonds. The van der Waals surface area contributed by atoms with Crippen LogP contribution in [0.3, 0.4) is 0 Å². The Balaban J connectivity index is 2.25. The topological polar surface area (TPSA) is 62.8 Å². The molecule has 0 bridgehead atoms. The van der Waals surface area contributed by atoms with Gasteiger partial charge in [-0.15, -0.1) is 0 Å². The number of aldehydes is 1. The molecule has 2 heterocycles. The molecular formula is C16H9F3N2O2.